The first-order valence-electron chi connectivity index (χ1n) is 10.9. The van der Waals surface area contributed by atoms with Crippen LogP contribution in [0.1, 0.15) is 63.4 Å². The normalized spacial score (nSPS) is 12.0. The lowest BCUT2D eigenvalue weighted by Crippen LogP contribution is -2.28. The van der Waals surface area contributed by atoms with Gasteiger partial charge in [0.2, 0.25) is 5.91 Å². The summed E-state index contributed by atoms with van der Waals surface area (Å²) in [4.78, 5) is 12.4. The van der Waals surface area contributed by atoms with Crippen molar-refractivity contribution in [3.05, 3.63) is 70.0 Å². The SMILES string of the molecule is CCCCCCC(=O)NC(C)c1nnc(SCc2ccccc2)n1-c1ccc(Cl)cc1Cl. The van der Waals surface area contributed by atoms with E-state index in [1.807, 2.05) is 35.8 Å². The van der Waals surface area contributed by atoms with Gasteiger partial charge >= 0.3 is 0 Å². The van der Waals surface area contributed by atoms with E-state index in [4.69, 9.17) is 23.2 Å². The second-order valence-corrected chi connectivity index (χ2v) is 9.43. The Bertz CT molecular complexity index is 1030. The molecule has 1 amide bonds. The minimum Gasteiger partial charge on any atom is -0.346 e. The highest BCUT2D eigenvalue weighted by Gasteiger charge is 2.22. The Kier molecular flexibility index (Phi) is 9.45. The van der Waals surface area contributed by atoms with Crippen LogP contribution in [-0.4, -0.2) is 20.7 Å². The third kappa shape index (κ3) is 6.74. The van der Waals surface area contributed by atoms with E-state index in [2.05, 4.69) is 34.6 Å². The molecule has 2 aromatic carbocycles. The van der Waals surface area contributed by atoms with Crippen LogP contribution in [0.25, 0.3) is 5.69 Å². The largest absolute Gasteiger partial charge is 0.346 e. The van der Waals surface area contributed by atoms with Gasteiger partial charge in [0, 0.05) is 17.2 Å². The molecule has 1 aromatic heterocycles. The fourth-order valence-electron chi connectivity index (χ4n) is 3.36. The number of hydrogen-bond acceptors (Lipinski definition) is 4. The minimum atomic E-state index is -0.320. The zero-order chi connectivity index (χ0) is 22.9. The van der Waals surface area contributed by atoms with Gasteiger partial charge in [-0.15, -0.1) is 10.2 Å². The molecule has 3 rings (SSSR count). The van der Waals surface area contributed by atoms with Crippen molar-refractivity contribution in [3.8, 4) is 5.69 Å². The summed E-state index contributed by atoms with van der Waals surface area (Å²) in [6.07, 6.45) is 4.76. The highest BCUT2D eigenvalue weighted by atomic mass is 35.5. The van der Waals surface area contributed by atoms with Crippen molar-refractivity contribution in [1.82, 2.24) is 20.1 Å². The molecule has 0 saturated heterocycles. The zero-order valence-electron chi connectivity index (χ0n) is 18.4. The van der Waals surface area contributed by atoms with Gasteiger partial charge in [-0.2, -0.15) is 0 Å². The number of benzene rings is 2. The van der Waals surface area contributed by atoms with E-state index in [0.717, 1.165) is 37.1 Å². The van der Waals surface area contributed by atoms with E-state index in [-0.39, 0.29) is 11.9 Å². The van der Waals surface area contributed by atoms with Crippen LogP contribution in [0.3, 0.4) is 0 Å². The molecule has 5 nitrogen and oxygen atoms in total. The molecule has 0 aliphatic heterocycles. The molecule has 3 aromatic rings. The Morgan fingerprint density at radius 1 is 1.09 bits per heavy atom. The van der Waals surface area contributed by atoms with Gasteiger partial charge in [-0.3, -0.25) is 9.36 Å². The van der Waals surface area contributed by atoms with Gasteiger partial charge in [-0.1, -0.05) is 91.5 Å². The number of nitrogens with zero attached hydrogens (tertiary/aromatic N) is 3. The van der Waals surface area contributed by atoms with Crippen molar-refractivity contribution < 1.29 is 4.79 Å². The van der Waals surface area contributed by atoms with Crippen LogP contribution >= 0.6 is 35.0 Å². The molecule has 1 N–H and O–H groups in total. The lowest BCUT2D eigenvalue weighted by Gasteiger charge is -2.17. The molecule has 170 valence electrons. The van der Waals surface area contributed by atoms with Crippen molar-refractivity contribution in [1.29, 1.82) is 0 Å². The van der Waals surface area contributed by atoms with Crippen molar-refractivity contribution in [2.75, 3.05) is 0 Å². The quantitative estimate of drug-likeness (QED) is 0.231. The number of thioether (sulfide) groups is 1. The standard InChI is InChI=1S/C24H28Cl2N4OS/c1-3-4-5-9-12-22(31)27-17(2)23-28-29-24(32-16-18-10-7-6-8-11-18)30(23)21-14-13-19(25)15-20(21)26/h6-8,10-11,13-15,17H,3-5,9,12,16H2,1-2H3,(H,27,31). The average Bonchev–Trinajstić information content (AvgIpc) is 3.20. The van der Waals surface area contributed by atoms with Crippen LogP contribution < -0.4 is 5.32 Å². The maximum Gasteiger partial charge on any atom is 0.220 e. The van der Waals surface area contributed by atoms with Gasteiger partial charge in [0.1, 0.15) is 0 Å². The van der Waals surface area contributed by atoms with E-state index in [9.17, 15) is 4.79 Å². The summed E-state index contributed by atoms with van der Waals surface area (Å²) in [5.74, 6) is 1.39. The van der Waals surface area contributed by atoms with Crippen LogP contribution in [0.4, 0.5) is 0 Å². The third-order valence-electron chi connectivity index (χ3n) is 5.04. The predicted octanol–water partition coefficient (Wildman–Crippen LogP) is 7.01. The summed E-state index contributed by atoms with van der Waals surface area (Å²) in [7, 11) is 0. The van der Waals surface area contributed by atoms with E-state index in [1.54, 1.807) is 23.9 Å². The lowest BCUT2D eigenvalue weighted by molar-refractivity contribution is -0.121. The number of carbonyl (C=O) groups is 1. The van der Waals surface area contributed by atoms with Gasteiger partial charge in [0.25, 0.3) is 0 Å². The fraction of sp³-hybridized carbons (Fsp3) is 0.375. The molecule has 0 spiro atoms. The first-order valence-corrected chi connectivity index (χ1v) is 12.6. The van der Waals surface area contributed by atoms with Gasteiger partial charge in [0.15, 0.2) is 11.0 Å². The van der Waals surface area contributed by atoms with Gasteiger partial charge < -0.3 is 5.32 Å². The molecule has 32 heavy (non-hydrogen) atoms. The van der Waals surface area contributed by atoms with Crippen LogP contribution in [0, 0.1) is 0 Å². The minimum absolute atomic E-state index is 0.0174. The second-order valence-electron chi connectivity index (χ2n) is 7.65. The lowest BCUT2D eigenvalue weighted by atomic mass is 10.1. The molecule has 1 atom stereocenters. The van der Waals surface area contributed by atoms with E-state index in [1.165, 1.54) is 5.56 Å². The molecule has 0 saturated carbocycles. The maximum atomic E-state index is 12.4. The second kappa shape index (κ2) is 12.3. The van der Waals surface area contributed by atoms with Crippen molar-refractivity contribution in [3.63, 3.8) is 0 Å². The van der Waals surface area contributed by atoms with E-state index < -0.39 is 0 Å². The number of amides is 1. The first-order chi connectivity index (χ1) is 15.5. The Balaban J connectivity index is 1.83. The summed E-state index contributed by atoms with van der Waals surface area (Å²) < 4.78 is 1.91. The highest BCUT2D eigenvalue weighted by molar-refractivity contribution is 7.98. The first kappa shape index (κ1) is 24.6. The van der Waals surface area contributed by atoms with E-state index >= 15 is 0 Å². The monoisotopic (exact) mass is 490 g/mol. The number of rotatable bonds is 11. The molecule has 0 aliphatic rings. The summed E-state index contributed by atoms with van der Waals surface area (Å²) >= 11 is 14.2. The summed E-state index contributed by atoms with van der Waals surface area (Å²) in [5, 5.41) is 13.7. The number of carbonyl (C=O) groups excluding carboxylic acids is 1. The highest BCUT2D eigenvalue weighted by Crippen LogP contribution is 2.32. The Hall–Kier alpha value is -2.02. The number of halogens is 2. The zero-order valence-corrected chi connectivity index (χ0v) is 20.7. The molecule has 0 bridgehead atoms. The predicted molar refractivity (Wildman–Crippen MR) is 133 cm³/mol. The number of aromatic nitrogens is 3. The van der Waals surface area contributed by atoms with Crippen molar-refractivity contribution in [2.45, 2.75) is 62.9 Å². The maximum absolute atomic E-state index is 12.4. The molecular formula is C24H28Cl2N4OS. The Morgan fingerprint density at radius 3 is 2.59 bits per heavy atom. The van der Waals surface area contributed by atoms with Gasteiger partial charge in [0.05, 0.1) is 16.8 Å². The summed E-state index contributed by atoms with van der Waals surface area (Å²) in [6, 6.07) is 15.2. The average molecular weight is 491 g/mol. The molecule has 0 fully saturated rings. The molecule has 1 unspecified atom stereocenters. The Morgan fingerprint density at radius 2 is 1.88 bits per heavy atom. The Labute approximate surface area is 203 Å². The third-order valence-corrected chi connectivity index (χ3v) is 6.58. The number of nitrogens with one attached hydrogen (secondary N) is 1. The molecular weight excluding hydrogens is 463 g/mol. The van der Waals surface area contributed by atoms with Crippen LogP contribution in [-0.2, 0) is 10.5 Å². The number of unbranched alkanes of at least 4 members (excludes halogenated alkanes) is 3. The topological polar surface area (TPSA) is 59.8 Å². The summed E-state index contributed by atoms with van der Waals surface area (Å²) in [6.45, 7) is 4.07. The molecule has 0 radical (unpaired) electrons. The molecule has 1 heterocycles. The van der Waals surface area contributed by atoms with Crippen LogP contribution in [0.2, 0.25) is 10.0 Å². The van der Waals surface area contributed by atoms with Crippen LogP contribution in [0.15, 0.2) is 53.7 Å². The fourth-order valence-corrected chi connectivity index (χ4v) is 4.76. The molecule has 0 aliphatic carbocycles. The molecule has 8 heteroatoms. The van der Waals surface area contributed by atoms with Gasteiger partial charge in [-0.05, 0) is 37.1 Å². The summed E-state index contributed by atoms with van der Waals surface area (Å²) in [5.41, 5.74) is 1.92. The van der Waals surface area contributed by atoms with Gasteiger partial charge in [-0.25, -0.2) is 0 Å². The van der Waals surface area contributed by atoms with E-state index in [0.29, 0.717) is 27.4 Å². The van der Waals surface area contributed by atoms with Crippen molar-refractivity contribution in [2.24, 2.45) is 0 Å². The number of hydrogen-bond donors (Lipinski definition) is 1. The van der Waals surface area contributed by atoms with Crippen LogP contribution in [0.5, 0.6) is 0 Å². The smallest absolute Gasteiger partial charge is 0.220 e. The van der Waals surface area contributed by atoms with Crippen molar-refractivity contribution >= 4 is 40.9 Å².